The molecule has 0 aliphatic carbocycles. The molecule has 2 aliphatic heterocycles. The fourth-order valence-corrected chi connectivity index (χ4v) is 4.16. The topological polar surface area (TPSA) is 98.0 Å². The molecule has 0 saturated carbocycles. The number of nitrogens with one attached hydrogen (secondary N) is 1. The monoisotopic (exact) mass is 396 g/mol. The third kappa shape index (κ3) is 3.53. The number of nitrogens with zero attached hydrogens (tertiary/aromatic N) is 5. The van der Waals surface area contributed by atoms with Crippen LogP contribution in [0.2, 0.25) is 0 Å². The van der Waals surface area contributed by atoms with E-state index >= 15 is 0 Å². The number of benzene rings is 1. The fraction of sp³-hybridized carbons (Fsp3) is 0.400. The molecule has 2 fully saturated rings. The summed E-state index contributed by atoms with van der Waals surface area (Å²) in [5.41, 5.74) is 1.68. The number of piperidine rings is 2. The normalized spacial score (nSPS) is 26.2. The predicted octanol–water partition coefficient (Wildman–Crippen LogP) is 2.43. The molecule has 29 heavy (non-hydrogen) atoms. The maximum absolute atomic E-state index is 14.7. The maximum Gasteiger partial charge on any atom is 0.336 e. The first-order chi connectivity index (χ1) is 14.2. The van der Waals surface area contributed by atoms with Crippen LogP contribution in [-0.2, 0) is 0 Å². The van der Waals surface area contributed by atoms with E-state index in [9.17, 15) is 9.50 Å². The summed E-state index contributed by atoms with van der Waals surface area (Å²) in [6.45, 7) is 0. The van der Waals surface area contributed by atoms with Crippen molar-refractivity contribution in [3.05, 3.63) is 43.1 Å². The number of fused-ring (bicyclic) bond motifs is 2. The number of phenols is 1. The second kappa shape index (κ2) is 7.40. The number of phenolic OH excluding ortho intramolecular Hbond substituents is 1. The summed E-state index contributed by atoms with van der Waals surface area (Å²) in [7, 11) is 0. The molecule has 0 spiro atoms. The van der Waals surface area contributed by atoms with Crippen molar-refractivity contribution in [3.8, 4) is 28.7 Å². The van der Waals surface area contributed by atoms with Gasteiger partial charge in [0.2, 0.25) is 0 Å². The SMILES string of the molecule is Oc1cc(-n2ccnc2)ccc1-c1cnc(O[C@@H]2C[C@H]3CCC[C@H](N3)[C@@H]2F)nn1. The second-order valence-electron chi connectivity index (χ2n) is 7.53. The number of imidazole rings is 1. The molecule has 5 rings (SSSR count). The van der Waals surface area contributed by atoms with E-state index in [-0.39, 0.29) is 23.8 Å². The quantitative estimate of drug-likeness (QED) is 0.699. The average Bonchev–Trinajstić information content (AvgIpc) is 3.28. The summed E-state index contributed by atoms with van der Waals surface area (Å²) in [5.74, 6) is 0.0518. The lowest BCUT2D eigenvalue weighted by Crippen LogP contribution is -2.59. The Bertz CT molecular complexity index is 981. The smallest absolute Gasteiger partial charge is 0.336 e. The molecular weight excluding hydrogens is 375 g/mol. The molecule has 0 amide bonds. The molecule has 2 N–H and O–H groups in total. The molecule has 4 heterocycles. The first-order valence-corrected chi connectivity index (χ1v) is 9.75. The molecule has 2 aliphatic rings. The lowest BCUT2D eigenvalue weighted by molar-refractivity contribution is 0.00387. The van der Waals surface area contributed by atoms with E-state index in [1.807, 2.05) is 6.07 Å². The van der Waals surface area contributed by atoms with Crippen LogP contribution in [0.4, 0.5) is 4.39 Å². The number of halogens is 1. The van der Waals surface area contributed by atoms with Crippen molar-refractivity contribution in [1.29, 1.82) is 0 Å². The van der Waals surface area contributed by atoms with E-state index in [1.165, 1.54) is 6.20 Å². The fourth-order valence-electron chi connectivity index (χ4n) is 4.16. The molecule has 3 aromatic rings. The van der Waals surface area contributed by atoms with Crippen molar-refractivity contribution in [2.45, 2.75) is 50.0 Å². The van der Waals surface area contributed by atoms with E-state index in [0.29, 0.717) is 17.7 Å². The van der Waals surface area contributed by atoms with Crippen LogP contribution in [0.15, 0.2) is 43.1 Å². The Hall–Kier alpha value is -3.07. The highest BCUT2D eigenvalue weighted by atomic mass is 19.1. The van der Waals surface area contributed by atoms with E-state index in [1.54, 1.807) is 35.4 Å². The summed E-state index contributed by atoms with van der Waals surface area (Å²) < 4.78 is 22.2. The Morgan fingerprint density at radius 1 is 1.24 bits per heavy atom. The van der Waals surface area contributed by atoms with Crippen LogP contribution in [0.3, 0.4) is 0 Å². The first kappa shape index (κ1) is 18.0. The predicted molar refractivity (Wildman–Crippen MR) is 103 cm³/mol. The standard InChI is InChI=1S/C20H21FN6O2/c21-19-15-3-1-2-12(24-15)8-18(19)29-20-23-10-16(25-26-20)14-5-4-13(9-17(14)28)27-7-6-22-11-27/h4-7,9-12,15,18-19,24,28H,1-3,8H2/t12-,15+,18-,19+/m1/s1. The van der Waals surface area contributed by atoms with Gasteiger partial charge >= 0.3 is 6.01 Å². The summed E-state index contributed by atoms with van der Waals surface area (Å²) >= 11 is 0. The molecule has 0 radical (unpaired) electrons. The van der Waals surface area contributed by atoms with Crippen LogP contribution in [0.5, 0.6) is 11.8 Å². The molecule has 4 atom stereocenters. The van der Waals surface area contributed by atoms with Gasteiger partial charge in [-0.05, 0) is 25.0 Å². The minimum absolute atomic E-state index is 0.0518. The van der Waals surface area contributed by atoms with E-state index in [2.05, 4.69) is 25.5 Å². The molecule has 1 aromatic carbocycles. The molecular formula is C20H21FN6O2. The third-order valence-corrected chi connectivity index (χ3v) is 5.63. The molecule has 150 valence electrons. The van der Waals surface area contributed by atoms with Crippen molar-refractivity contribution < 1.29 is 14.2 Å². The van der Waals surface area contributed by atoms with Crippen LogP contribution in [0, 0.1) is 0 Å². The first-order valence-electron chi connectivity index (χ1n) is 9.75. The Balaban J connectivity index is 1.31. The van der Waals surface area contributed by atoms with E-state index < -0.39 is 12.3 Å². The Labute approximate surface area is 166 Å². The van der Waals surface area contributed by atoms with Gasteiger partial charge in [-0.3, -0.25) is 0 Å². The molecule has 2 aromatic heterocycles. The summed E-state index contributed by atoms with van der Waals surface area (Å²) in [6.07, 6.45) is 8.42. The van der Waals surface area contributed by atoms with E-state index in [4.69, 9.17) is 4.74 Å². The van der Waals surface area contributed by atoms with Gasteiger partial charge in [-0.1, -0.05) is 11.5 Å². The zero-order chi connectivity index (χ0) is 19.8. The van der Waals surface area contributed by atoms with Crippen molar-refractivity contribution >= 4 is 0 Å². The largest absolute Gasteiger partial charge is 0.507 e. The molecule has 0 unspecified atom stereocenters. The number of alkyl halides is 1. The Morgan fingerprint density at radius 3 is 2.93 bits per heavy atom. The van der Waals surface area contributed by atoms with Gasteiger partial charge in [-0.15, -0.1) is 5.10 Å². The van der Waals surface area contributed by atoms with Crippen LogP contribution in [-0.4, -0.2) is 54.2 Å². The van der Waals surface area contributed by atoms with Crippen LogP contribution in [0.25, 0.3) is 16.9 Å². The number of aromatic nitrogens is 5. The van der Waals surface area contributed by atoms with Gasteiger partial charge in [-0.25, -0.2) is 14.4 Å². The van der Waals surface area contributed by atoms with Crippen molar-refractivity contribution in [2.24, 2.45) is 0 Å². The number of ether oxygens (including phenoxy) is 1. The lowest BCUT2D eigenvalue weighted by atomic mass is 9.84. The second-order valence-corrected chi connectivity index (χ2v) is 7.53. The molecule has 8 nitrogen and oxygen atoms in total. The van der Waals surface area contributed by atoms with Crippen LogP contribution < -0.4 is 10.1 Å². The Morgan fingerprint density at radius 2 is 2.17 bits per heavy atom. The van der Waals surface area contributed by atoms with Gasteiger partial charge in [0.15, 0.2) is 6.17 Å². The minimum Gasteiger partial charge on any atom is -0.507 e. The van der Waals surface area contributed by atoms with Crippen LogP contribution >= 0.6 is 0 Å². The van der Waals surface area contributed by atoms with Crippen molar-refractivity contribution in [1.82, 2.24) is 30.0 Å². The highest BCUT2D eigenvalue weighted by Crippen LogP contribution is 2.31. The molecule has 2 bridgehead atoms. The summed E-state index contributed by atoms with van der Waals surface area (Å²) in [6, 6.07) is 5.36. The zero-order valence-corrected chi connectivity index (χ0v) is 15.6. The minimum atomic E-state index is -1.09. The Kier molecular flexibility index (Phi) is 4.59. The lowest BCUT2D eigenvalue weighted by Gasteiger charge is -2.42. The van der Waals surface area contributed by atoms with Gasteiger partial charge < -0.3 is 19.7 Å². The molecule has 2 saturated heterocycles. The van der Waals surface area contributed by atoms with Gasteiger partial charge in [0.1, 0.15) is 17.5 Å². The number of aromatic hydroxyl groups is 1. The summed E-state index contributed by atoms with van der Waals surface area (Å²) in [5, 5.41) is 21.8. The summed E-state index contributed by atoms with van der Waals surface area (Å²) in [4.78, 5) is 8.18. The highest BCUT2D eigenvalue weighted by molar-refractivity contribution is 5.67. The number of rotatable bonds is 4. The average molecular weight is 396 g/mol. The highest BCUT2D eigenvalue weighted by Gasteiger charge is 2.41. The number of hydrogen-bond acceptors (Lipinski definition) is 7. The third-order valence-electron chi connectivity index (χ3n) is 5.63. The number of hydrogen-bond donors (Lipinski definition) is 2. The van der Waals surface area contributed by atoms with Crippen molar-refractivity contribution in [2.75, 3.05) is 0 Å². The van der Waals surface area contributed by atoms with Crippen LogP contribution in [0.1, 0.15) is 25.7 Å². The maximum atomic E-state index is 14.7. The van der Waals surface area contributed by atoms with Gasteiger partial charge in [0.25, 0.3) is 0 Å². The van der Waals surface area contributed by atoms with E-state index in [0.717, 1.165) is 24.9 Å². The zero-order valence-electron chi connectivity index (χ0n) is 15.6. The van der Waals surface area contributed by atoms with Gasteiger partial charge in [0, 0.05) is 42.5 Å². The molecule has 9 heteroatoms. The van der Waals surface area contributed by atoms with Crippen molar-refractivity contribution in [3.63, 3.8) is 0 Å². The van der Waals surface area contributed by atoms with Gasteiger partial charge in [-0.2, -0.15) is 0 Å². The van der Waals surface area contributed by atoms with Gasteiger partial charge in [0.05, 0.1) is 18.2 Å².